The molecule has 1 fully saturated rings. The van der Waals surface area contributed by atoms with E-state index in [2.05, 4.69) is 37.7 Å². The molecule has 0 aliphatic carbocycles. The summed E-state index contributed by atoms with van der Waals surface area (Å²) in [6.07, 6.45) is 2.41. The lowest BCUT2D eigenvalue weighted by atomic mass is 9.80. The van der Waals surface area contributed by atoms with Gasteiger partial charge in [0.25, 0.3) is 0 Å². The summed E-state index contributed by atoms with van der Waals surface area (Å²) in [4.78, 5) is 4.81. The number of nitrogens with zero attached hydrogens (tertiary/aromatic N) is 2. The minimum absolute atomic E-state index is 0.288. The van der Waals surface area contributed by atoms with E-state index in [1.165, 1.54) is 26.1 Å². The van der Waals surface area contributed by atoms with Crippen LogP contribution in [0.5, 0.6) is 0 Å². The molecule has 1 atom stereocenters. The first-order valence-electron chi connectivity index (χ1n) is 6.04. The standard InChI is InChI=1S/C12H27N3/c1-12(2)10-15(9-6-11(12)13)8-5-7-14(3)4/h11H,5-10,13H2,1-4H3. The second-order valence-electron chi connectivity index (χ2n) is 5.82. The van der Waals surface area contributed by atoms with Crippen LogP contribution in [-0.2, 0) is 0 Å². The van der Waals surface area contributed by atoms with Crippen molar-refractivity contribution in [2.75, 3.05) is 40.3 Å². The largest absolute Gasteiger partial charge is 0.327 e. The minimum atomic E-state index is 0.288. The molecule has 15 heavy (non-hydrogen) atoms. The van der Waals surface area contributed by atoms with E-state index < -0.39 is 0 Å². The van der Waals surface area contributed by atoms with Gasteiger partial charge in [-0.1, -0.05) is 13.8 Å². The molecule has 0 aromatic rings. The SMILES string of the molecule is CN(C)CCCN1CCC(N)C(C)(C)C1. The molecule has 2 N–H and O–H groups in total. The maximum atomic E-state index is 6.12. The van der Waals surface area contributed by atoms with Gasteiger partial charge in [-0.25, -0.2) is 0 Å². The first-order valence-corrected chi connectivity index (χ1v) is 6.04. The molecule has 0 amide bonds. The van der Waals surface area contributed by atoms with Gasteiger partial charge < -0.3 is 15.5 Å². The third kappa shape index (κ3) is 4.09. The molecule has 3 heteroatoms. The average Bonchev–Trinajstić information content (AvgIpc) is 2.10. The maximum absolute atomic E-state index is 6.12. The van der Waals surface area contributed by atoms with Crippen LogP contribution < -0.4 is 5.73 Å². The van der Waals surface area contributed by atoms with Crippen molar-refractivity contribution in [3.8, 4) is 0 Å². The third-order valence-corrected chi connectivity index (χ3v) is 3.47. The Balaban J connectivity index is 2.27. The molecule has 90 valence electrons. The van der Waals surface area contributed by atoms with Crippen molar-refractivity contribution >= 4 is 0 Å². The van der Waals surface area contributed by atoms with Gasteiger partial charge in [0.05, 0.1) is 0 Å². The molecule has 0 saturated carbocycles. The highest BCUT2D eigenvalue weighted by Gasteiger charge is 2.32. The van der Waals surface area contributed by atoms with Crippen LogP contribution in [0.25, 0.3) is 0 Å². The lowest BCUT2D eigenvalue weighted by Gasteiger charge is -2.42. The molecular weight excluding hydrogens is 186 g/mol. The predicted molar refractivity (Wildman–Crippen MR) is 66.0 cm³/mol. The van der Waals surface area contributed by atoms with Crippen molar-refractivity contribution < 1.29 is 0 Å². The van der Waals surface area contributed by atoms with Gasteiger partial charge in [-0.2, -0.15) is 0 Å². The zero-order valence-electron chi connectivity index (χ0n) is 10.8. The fourth-order valence-electron chi connectivity index (χ4n) is 2.29. The van der Waals surface area contributed by atoms with Crippen molar-refractivity contribution in [3.05, 3.63) is 0 Å². The Morgan fingerprint density at radius 3 is 2.60 bits per heavy atom. The van der Waals surface area contributed by atoms with Crippen LogP contribution in [0.1, 0.15) is 26.7 Å². The second-order valence-corrected chi connectivity index (χ2v) is 5.82. The summed E-state index contributed by atoms with van der Waals surface area (Å²) < 4.78 is 0. The van der Waals surface area contributed by atoms with Crippen molar-refractivity contribution in [2.45, 2.75) is 32.7 Å². The van der Waals surface area contributed by atoms with Gasteiger partial charge >= 0.3 is 0 Å². The topological polar surface area (TPSA) is 32.5 Å². The predicted octanol–water partition coefficient (Wildman–Crippen LogP) is 0.997. The normalized spacial score (nSPS) is 27.2. The van der Waals surface area contributed by atoms with E-state index in [0.717, 1.165) is 13.0 Å². The molecule has 1 aliphatic rings. The van der Waals surface area contributed by atoms with Crippen LogP contribution in [-0.4, -0.2) is 56.1 Å². The highest BCUT2D eigenvalue weighted by molar-refractivity contribution is 4.89. The quantitative estimate of drug-likeness (QED) is 0.756. The van der Waals surface area contributed by atoms with Gasteiger partial charge in [0.15, 0.2) is 0 Å². The number of hydrogen-bond acceptors (Lipinski definition) is 3. The van der Waals surface area contributed by atoms with Gasteiger partial charge in [-0.3, -0.25) is 0 Å². The van der Waals surface area contributed by atoms with Crippen LogP contribution in [0, 0.1) is 5.41 Å². The third-order valence-electron chi connectivity index (χ3n) is 3.47. The van der Waals surface area contributed by atoms with E-state index in [4.69, 9.17) is 5.73 Å². The summed E-state index contributed by atoms with van der Waals surface area (Å²) in [5, 5.41) is 0. The molecule has 0 radical (unpaired) electrons. The Labute approximate surface area is 94.6 Å². The number of hydrogen-bond donors (Lipinski definition) is 1. The maximum Gasteiger partial charge on any atom is 0.0115 e. The molecule has 1 unspecified atom stereocenters. The number of piperidine rings is 1. The van der Waals surface area contributed by atoms with Crippen LogP contribution in [0.15, 0.2) is 0 Å². The minimum Gasteiger partial charge on any atom is -0.327 e. The molecule has 1 saturated heterocycles. The van der Waals surface area contributed by atoms with E-state index in [-0.39, 0.29) is 5.41 Å². The second kappa shape index (κ2) is 5.28. The number of nitrogens with two attached hydrogens (primary N) is 1. The van der Waals surface area contributed by atoms with Gasteiger partial charge in [-0.05, 0) is 52.0 Å². The fourth-order valence-corrected chi connectivity index (χ4v) is 2.29. The lowest BCUT2D eigenvalue weighted by molar-refractivity contribution is 0.0927. The first-order chi connectivity index (χ1) is 6.92. The Morgan fingerprint density at radius 2 is 2.07 bits per heavy atom. The van der Waals surface area contributed by atoms with Gasteiger partial charge in [-0.15, -0.1) is 0 Å². The average molecular weight is 213 g/mol. The van der Waals surface area contributed by atoms with Crippen molar-refractivity contribution in [3.63, 3.8) is 0 Å². The highest BCUT2D eigenvalue weighted by atomic mass is 15.2. The zero-order valence-corrected chi connectivity index (χ0v) is 10.8. The van der Waals surface area contributed by atoms with Crippen LogP contribution in [0.3, 0.4) is 0 Å². The number of likely N-dealkylation sites (tertiary alicyclic amines) is 1. The molecule has 1 rings (SSSR count). The van der Waals surface area contributed by atoms with Crippen LogP contribution in [0.2, 0.25) is 0 Å². The highest BCUT2D eigenvalue weighted by Crippen LogP contribution is 2.27. The molecule has 1 heterocycles. The Morgan fingerprint density at radius 1 is 1.40 bits per heavy atom. The lowest BCUT2D eigenvalue weighted by Crippen LogP contribution is -2.52. The molecule has 0 aromatic heterocycles. The van der Waals surface area contributed by atoms with E-state index in [1.54, 1.807) is 0 Å². The summed E-state index contributed by atoms with van der Waals surface area (Å²) in [5.74, 6) is 0. The Hall–Kier alpha value is -0.120. The zero-order chi connectivity index (χ0) is 11.5. The van der Waals surface area contributed by atoms with E-state index >= 15 is 0 Å². The van der Waals surface area contributed by atoms with E-state index in [9.17, 15) is 0 Å². The van der Waals surface area contributed by atoms with Gasteiger partial charge in [0.2, 0.25) is 0 Å². The number of rotatable bonds is 4. The van der Waals surface area contributed by atoms with Crippen molar-refractivity contribution in [1.29, 1.82) is 0 Å². The van der Waals surface area contributed by atoms with Crippen LogP contribution >= 0.6 is 0 Å². The van der Waals surface area contributed by atoms with Gasteiger partial charge in [0, 0.05) is 12.6 Å². The molecular formula is C12H27N3. The van der Waals surface area contributed by atoms with Crippen molar-refractivity contribution in [1.82, 2.24) is 9.80 Å². The molecule has 0 aromatic carbocycles. The summed E-state index contributed by atoms with van der Waals surface area (Å²) in [5.41, 5.74) is 6.40. The first kappa shape index (κ1) is 12.9. The Bertz CT molecular complexity index is 189. The monoisotopic (exact) mass is 213 g/mol. The van der Waals surface area contributed by atoms with E-state index in [1.807, 2.05) is 0 Å². The van der Waals surface area contributed by atoms with Crippen molar-refractivity contribution in [2.24, 2.45) is 11.1 Å². The molecule has 3 nitrogen and oxygen atoms in total. The smallest absolute Gasteiger partial charge is 0.0115 e. The van der Waals surface area contributed by atoms with Crippen LogP contribution in [0.4, 0.5) is 0 Å². The summed E-state index contributed by atoms with van der Waals surface area (Å²) >= 11 is 0. The summed E-state index contributed by atoms with van der Waals surface area (Å²) in [6.45, 7) is 9.31. The van der Waals surface area contributed by atoms with Gasteiger partial charge in [0.1, 0.15) is 0 Å². The summed E-state index contributed by atoms with van der Waals surface area (Å²) in [6, 6.07) is 0.377. The summed E-state index contributed by atoms with van der Waals surface area (Å²) in [7, 11) is 4.27. The molecule has 0 bridgehead atoms. The van der Waals surface area contributed by atoms with E-state index in [0.29, 0.717) is 6.04 Å². The molecule has 0 spiro atoms. The molecule has 1 aliphatic heterocycles. The fraction of sp³-hybridized carbons (Fsp3) is 1.00. The Kier molecular flexibility index (Phi) is 4.56.